The molecule has 0 saturated heterocycles. The van der Waals surface area contributed by atoms with Crippen LogP contribution in [-0.4, -0.2) is 29.2 Å². The van der Waals surface area contributed by atoms with Crippen molar-refractivity contribution in [2.24, 2.45) is 0 Å². The van der Waals surface area contributed by atoms with Crippen LogP contribution < -0.4 is 4.74 Å². The molecule has 0 atom stereocenters. The van der Waals surface area contributed by atoms with Gasteiger partial charge < -0.3 is 14.1 Å². The largest absolute Gasteiger partial charge is 0.483 e. The summed E-state index contributed by atoms with van der Waals surface area (Å²) in [5.74, 6) is 1.84. The van der Waals surface area contributed by atoms with Gasteiger partial charge in [-0.25, -0.2) is 0 Å². The lowest BCUT2D eigenvalue weighted by molar-refractivity contribution is 0.259. The van der Waals surface area contributed by atoms with Gasteiger partial charge in [-0.1, -0.05) is 36.4 Å². The fourth-order valence-electron chi connectivity index (χ4n) is 2.88. The number of hydrogen-bond acceptors (Lipinski definition) is 6. The third-order valence-corrected chi connectivity index (χ3v) is 4.88. The third-order valence-electron chi connectivity index (χ3n) is 4.02. The first-order valence-electron chi connectivity index (χ1n) is 8.35. The average Bonchev–Trinajstić information content (AvgIpc) is 3.32. The molecule has 0 bridgehead atoms. The lowest BCUT2D eigenvalue weighted by Crippen LogP contribution is -2.12. The van der Waals surface area contributed by atoms with Gasteiger partial charge in [-0.2, -0.15) is 0 Å². The monoisotopic (exact) mass is 365 g/mol. The molecule has 0 spiro atoms. The van der Waals surface area contributed by atoms with Crippen molar-refractivity contribution >= 4 is 22.1 Å². The van der Waals surface area contributed by atoms with Crippen LogP contribution in [0, 0.1) is 0 Å². The minimum atomic E-state index is 0.247. The van der Waals surface area contributed by atoms with E-state index in [4.69, 9.17) is 9.15 Å². The first-order valence-corrected chi connectivity index (χ1v) is 9.23. The minimum absolute atomic E-state index is 0.247. The Morgan fingerprint density at radius 1 is 1.04 bits per heavy atom. The summed E-state index contributed by atoms with van der Waals surface area (Å²) in [6.45, 7) is 1.04. The van der Waals surface area contributed by atoms with Gasteiger partial charge in [-0.15, -0.1) is 21.5 Å². The zero-order chi connectivity index (χ0) is 17.9. The number of benzene rings is 2. The molecule has 0 aliphatic heterocycles. The van der Waals surface area contributed by atoms with Crippen LogP contribution in [0.5, 0.6) is 5.75 Å². The van der Waals surface area contributed by atoms with Gasteiger partial charge in [0.2, 0.25) is 0 Å². The highest BCUT2D eigenvalue weighted by atomic mass is 32.1. The van der Waals surface area contributed by atoms with Crippen molar-refractivity contribution in [3.63, 3.8) is 0 Å². The van der Waals surface area contributed by atoms with Gasteiger partial charge in [0.1, 0.15) is 5.75 Å². The Bertz CT molecular complexity index is 1010. The maximum Gasteiger partial charge on any atom is 0.257 e. The van der Waals surface area contributed by atoms with E-state index >= 15 is 0 Å². The molecule has 4 aromatic rings. The summed E-state index contributed by atoms with van der Waals surface area (Å²) in [5, 5.41) is 12.6. The van der Waals surface area contributed by atoms with Crippen LogP contribution in [0.4, 0.5) is 0 Å². The Morgan fingerprint density at radius 2 is 1.92 bits per heavy atom. The molecule has 0 saturated carbocycles. The normalized spacial score (nSPS) is 11.3. The maximum absolute atomic E-state index is 6.04. The maximum atomic E-state index is 6.04. The van der Waals surface area contributed by atoms with E-state index in [1.807, 2.05) is 29.6 Å². The van der Waals surface area contributed by atoms with Gasteiger partial charge in [0.25, 0.3) is 11.8 Å². The van der Waals surface area contributed by atoms with E-state index in [0.29, 0.717) is 11.8 Å². The summed E-state index contributed by atoms with van der Waals surface area (Å²) in [6.07, 6.45) is 0. The summed E-state index contributed by atoms with van der Waals surface area (Å²) in [6, 6.07) is 16.4. The van der Waals surface area contributed by atoms with Crippen LogP contribution in [-0.2, 0) is 13.2 Å². The molecular formula is C20H19N3O2S. The molecule has 2 aromatic heterocycles. The number of aromatic nitrogens is 2. The molecule has 0 unspecified atom stereocenters. The van der Waals surface area contributed by atoms with Gasteiger partial charge in [0, 0.05) is 12.1 Å². The molecule has 132 valence electrons. The standard InChI is InChI=1S/C20H19N3O2S/c1-23(2)12-16-15-7-4-3-6-14(15)9-10-17(16)24-13-19-21-22-20(25-19)18-8-5-11-26-18/h3-11H,12-13H2,1-2H3. The van der Waals surface area contributed by atoms with Crippen LogP contribution in [0.3, 0.4) is 0 Å². The van der Waals surface area contributed by atoms with E-state index in [1.165, 1.54) is 10.8 Å². The van der Waals surface area contributed by atoms with E-state index < -0.39 is 0 Å². The minimum Gasteiger partial charge on any atom is -0.483 e. The molecule has 26 heavy (non-hydrogen) atoms. The fraction of sp³-hybridized carbons (Fsp3) is 0.200. The number of fused-ring (bicyclic) bond motifs is 1. The van der Waals surface area contributed by atoms with Crippen molar-refractivity contribution in [2.45, 2.75) is 13.2 Å². The Hall–Kier alpha value is -2.70. The van der Waals surface area contributed by atoms with Gasteiger partial charge >= 0.3 is 0 Å². The van der Waals surface area contributed by atoms with E-state index in [-0.39, 0.29) is 6.61 Å². The highest BCUT2D eigenvalue weighted by Crippen LogP contribution is 2.30. The smallest absolute Gasteiger partial charge is 0.257 e. The van der Waals surface area contributed by atoms with Crippen molar-refractivity contribution in [1.82, 2.24) is 15.1 Å². The van der Waals surface area contributed by atoms with Crippen LogP contribution in [0.1, 0.15) is 11.5 Å². The molecule has 0 amide bonds. The molecule has 0 aliphatic carbocycles. The fourth-order valence-corrected chi connectivity index (χ4v) is 3.53. The number of rotatable bonds is 6. The summed E-state index contributed by atoms with van der Waals surface area (Å²) in [5.41, 5.74) is 1.16. The van der Waals surface area contributed by atoms with Crippen molar-refractivity contribution < 1.29 is 9.15 Å². The Balaban J connectivity index is 1.59. The lowest BCUT2D eigenvalue weighted by Gasteiger charge is -2.17. The van der Waals surface area contributed by atoms with Gasteiger partial charge in [-0.05, 0) is 42.4 Å². The second kappa shape index (κ2) is 7.27. The Labute approximate surface area is 155 Å². The van der Waals surface area contributed by atoms with Crippen molar-refractivity contribution in [3.8, 4) is 16.5 Å². The highest BCUT2D eigenvalue weighted by molar-refractivity contribution is 7.13. The van der Waals surface area contributed by atoms with Crippen LogP contribution >= 0.6 is 11.3 Å². The van der Waals surface area contributed by atoms with Gasteiger partial charge in [-0.3, -0.25) is 0 Å². The van der Waals surface area contributed by atoms with Crippen LogP contribution in [0.2, 0.25) is 0 Å². The molecule has 6 heteroatoms. The predicted molar refractivity (Wildman–Crippen MR) is 103 cm³/mol. The molecule has 2 heterocycles. The number of ether oxygens (including phenoxy) is 1. The second-order valence-corrected chi connectivity index (χ2v) is 7.22. The lowest BCUT2D eigenvalue weighted by atomic mass is 10.0. The summed E-state index contributed by atoms with van der Waals surface area (Å²) in [4.78, 5) is 3.10. The van der Waals surface area contributed by atoms with Gasteiger partial charge in [0.15, 0.2) is 6.61 Å². The van der Waals surface area contributed by atoms with E-state index in [0.717, 1.165) is 22.7 Å². The van der Waals surface area contributed by atoms with E-state index in [2.05, 4.69) is 53.5 Å². The predicted octanol–water partition coefficient (Wildman–Crippen LogP) is 4.59. The molecule has 4 rings (SSSR count). The summed E-state index contributed by atoms with van der Waals surface area (Å²) < 4.78 is 11.8. The number of hydrogen-bond donors (Lipinski definition) is 0. The van der Waals surface area contributed by atoms with Crippen LogP contribution in [0.15, 0.2) is 58.3 Å². The number of nitrogens with zero attached hydrogens (tertiary/aromatic N) is 3. The van der Waals surface area contributed by atoms with E-state index in [9.17, 15) is 0 Å². The summed E-state index contributed by atoms with van der Waals surface area (Å²) in [7, 11) is 4.10. The Kier molecular flexibility index (Phi) is 4.69. The summed E-state index contributed by atoms with van der Waals surface area (Å²) >= 11 is 1.57. The second-order valence-electron chi connectivity index (χ2n) is 6.27. The van der Waals surface area contributed by atoms with Crippen molar-refractivity contribution in [1.29, 1.82) is 0 Å². The first-order chi connectivity index (χ1) is 12.7. The molecule has 0 N–H and O–H groups in total. The zero-order valence-electron chi connectivity index (χ0n) is 14.7. The molecule has 0 fully saturated rings. The molecule has 0 radical (unpaired) electrons. The zero-order valence-corrected chi connectivity index (χ0v) is 15.5. The van der Waals surface area contributed by atoms with Crippen LogP contribution in [0.25, 0.3) is 21.5 Å². The quantitative estimate of drug-likeness (QED) is 0.500. The molecule has 5 nitrogen and oxygen atoms in total. The highest BCUT2D eigenvalue weighted by Gasteiger charge is 2.13. The topological polar surface area (TPSA) is 51.4 Å². The van der Waals surface area contributed by atoms with Crippen molar-refractivity contribution in [2.75, 3.05) is 14.1 Å². The molecule has 0 aliphatic rings. The first kappa shape index (κ1) is 16.8. The Morgan fingerprint density at radius 3 is 2.73 bits per heavy atom. The SMILES string of the molecule is CN(C)Cc1c(OCc2nnc(-c3cccs3)o2)ccc2ccccc12. The average molecular weight is 365 g/mol. The molecule has 2 aromatic carbocycles. The third kappa shape index (κ3) is 3.47. The molecular weight excluding hydrogens is 346 g/mol. The van der Waals surface area contributed by atoms with E-state index in [1.54, 1.807) is 11.3 Å². The van der Waals surface area contributed by atoms with Gasteiger partial charge in [0.05, 0.1) is 4.88 Å². The van der Waals surface area contributed by atoms with Crippen molar-refractivity contribution in [3.05, 3.63) is 65.4 Å². The number of thiophene rings is 1.